The van der Waals surface area contributed by atoms with Gasteiger partial charge in [0.25, 0.3) is 0 Å². The van der Waals surface area contributed by atoms with Gasteiger partial charge in [0, 0.05) is 30.3 Å². The van der Waals surface area contributed by atoms with E-state index >= 15 is 0 Å². The zero-order valence-corrected chi connectivity index (χ0v) is 52.2. The van der Waals surface area contributed by atoms with Crippen molar-refractivity contribution in [2.24, 2.45) is 65.1 Å². The van der Waals surface area contributed by atoms with Crippen molar-refractivity contribution < 1.29 is 26.4 Å². The number of aromatic nitrogens is 1. The van der Waals surface area contributed by atoms with Gasteiger partial charge in [-0.25, -0.2) is 16.8 Å². The normalized spacial score (nSPS) is 14.1. The summed E-state index contributed by atoms with van der Waals surface area (Å²) >= 11 is 0. The maximum absolute atomic E-state index is 11.7. The summed E-state index contributed by atoms with van der Waals surface area (Å²) in [6, 6.07) is 6.09. The van der Waals surface area contributed by atoms with Crippen molar-refractivity contribution in [3.8, 4) is 0 Å². The minimum atomic E-state index is -2.79. The number of hydrogen-bond acceptors (Lipinski definition) is 7. The van der Waals surface area contributed by atoms with Crippen LogP contribution in [0.5, 0.6) is 0 Å². The topological polar surface area (TPSA) is 119 Å². The van der Waals surface area contributed by atoms with Crippen molar-refractivity contribution in [2.75, 3.05) is 17.3 Å². The van der Waals surface area contributed by atoms with Crippen LogP contribution >= 0.6 is 0 Å². The molecule has 416 valence electrons. The van der Waals surface area contributed by atoms with Gasteiger partial charge >= 0.3 is 0 Å². The van der Waals surface area contributed by atoms with Crippen molar-refractivity contribution in [1.29, 1.82) is 0 Å². The quantitative estimate of drug-likeness (QED) is 0.0889. The summed E-state index contributed by atoms with van der Waals surface area (Å²) in [5, 5.41) is -0.221. The second-order valence-electron chi connectivity index (χ2n) is 24.1. The molecule has 0 bridgehead atoms. The van der Waals surface area contributed by atoms with Crippen LogP contribution in [0.25, 0.3) is 0 Å². The Morgan fingerprint density at radius 1 is 0.571 bits per heavy atom. The Morgan fingerprint density at radius 2 is 1.00 bits per heavy atom. The minimum absolute atomic E-state index is 0.00347. The Labute approximate surface area is 438 Å². The summed E-state index contributed by atoms with van der Waals surface area (Å²) in [6.45, 7) is 52.1. The third kappa shape index (κ3) is 55.0. The summed E-state index contributed by atoms with van der Waals surface area (Å²) in [5.41, 5.74) is 1.21. The minimum Gasteiger partial charge on any atom is -0.280 e. The second kappa shape index (κ2) is 44.2. The number of hydrogen-bond donors (Lipinski definition) is 0. The molecule has 2 amide bonds. The molecule has 0 saturated carbocycles. The Hall–Kier alpha value is -2.33. The van der Waals surface area contributed by atoms with E-state index in [1.165, 1.54) is 36.3 Å². The first kappa shape index (κ1) is 76.6. The summed E-state index contributed by atoms with van der Waals surface area (Å²) < 4.78 is 45.2. The maximum Gasteiger partial charge on any atom is 0.233 e. The first-order valence-electron chi connectivity index (χ1n) is 27.4. The van der Waals surface area contributed by atoms with E-state index < -0.39 is 19.7 Å². The molecule has 1 saturated heterocycles. The number of sulfone groups is 2. The molecular formula is C60H118N2O6S2. The molecule has 10 heteroatoms. The van der Waals surface area contributed by atoms with Gasteiger partial charge in [0.2, 0.25) is 11.8 Å². The molecule has 1 aliphatic heterocycles. The molecule has 0 N–H and O–H groups in total. The summed E-state index contributed by atoms with van der Waals surface area (Å²) in [4.78, 5) is 28.8. The lowest BCUT2D eigenvalue weighted by Gasteiger charge is -2.19. The number of carbonyl (C=O) groups excluding carboxylic acids is 2. The fraction of sp³-hybridized carbons (Fsp3) is 0.817. The van der Waals surface area contributed by atoms with Crippen LogP contribution in [-0.4, -0.2) is 67.1 Å². The van der Waals surface area contributed by atoms with E-state index in [0.717, 1.165) is 48.9 Å². The lowest BCUT2D eigenvalue weighted by molar-refractivity contribution is -0.141. The molecule has 70 heavy (non-hydrogen) atoms. The van der Waals surface area contributed by atoms with Crippen LogP contribution in [0.4, 0.5) is 0 Å². The monoisotopic (exact) mass is 1030 g/mol. The van der Waals surface area contributed by atoms with Gasteiger partial charge in [0.05, 0.1) is 22.5 Å². The highest BCUT2D eigenvalue weighted by Crippen LogP contribution is 2.27. The van der Waals surface area contributed by atoms with E-state index in [2.05, 4.69) is 125 Å². The fourth-order valence-corrected chi connectivity index (χ4v) is 9.01. The summed E-state index contributed by atoms with van der Waals surface area (Å²) in [6.07, 6.45) is 19.0. The van der Waals surface area contributed by atoms with Crippen molar-refractivity contribution >= 4 is 31.5 Å². The van der Waals surface area contributed by atoms with Crippen LogP contribution in [-0.2, 0) is 35.7 Å². The van der Waals surface area contributed by atoms with Gasteiger partial charge in [0.1, 0.15) is 0 Å². The predicted molar refractivity (Wildman–Crippen MR) is 311 cm³/mol. The Morgan fingerprint density at radius 3 is 1.30 bits per heavy atom. The maximum atomic E-state index is 11.7. The Kier molecular flexibility index (Phi) is 48.3. The molecule has 1 unspecified atom stereocenters. The molecule has 2 heterocycles. The van der Waals surface area contributed by atoms with Crippen molar-refractivity contribution in [3.05, 3.63) is 54.4 Å². The molecule has 8 nitrogen and oxygen atoms in total. The molecule has 0 radical (unpaired) electrons. The number of nitrogens with zero attached hydrogens (tertiary/aromatic N) is 2. The highest BCUT2D eigenvalue weighted by Gasteiger charge is 2.41. The predicted octanol–water partition coefficient (Wildman–Crippen LogP) is 16.6. The van der Waals surface area contributed by atoms with E-state index in [9.17, 15) is 26.4 Å². The smallest absolute Gasteiger partial charge is 0.233 e. The van der Waals surface area contributed by atoms with Crippen molar-refractivity contribution in [2.45, 2.75) is 236 Å². The van der Waals surface area contributed by atoms with Crippen LogP contribution in [0.2, 0.25) is 0 Å². The SMILES string of the molecule is CC(C)C.CC(C)C1CC(=O)N(C(C)C)C1=O.CC(C)C=CCC(C)C.CC(C)CC=CCC(C)C.CC(C)CCS(=O)(=O)C(C)C.CC(C)CCS(=O)(=O)CC(C)C.CC(C)CCc1ccccn1. The number of imide groups is 1. The molecule has 0 aromatic carbocycles. The lowest BCUT2D eigenvalue weighted by atomic mass is 9.94. The van der Waals surface area contributed by atoms with Crippen LogP contribution in [0.15, 0.2) is 48.7 Å². The van der Waals surface area contributed by atoms with E-state index in [0.29, 0.717) is 41.4 Å². The van der Waals surface area contributed by atoms with Gasteiger partial charge in [-0.15, -0.1) is 0 Å². The first-order valence-corrected chi connectivity index (χ1v) is 30.9. The third-order valence-corrected chi connectivity index (χ3v) is 14.3. The number of likely N-dealkylation sites (tertiary alicyclic amines) is 1. The van der Waals surface area contributed by atoms with E-state index in [-0.39, 0.29) is 40.9 Å². The number of amides is 2. The molecule has 1 aromatic rings. The van der Waals surface area contributed by atoms with E-state index in [1.54, 1.807) is 13.8 Å². The standard InChI is InChI=1S/C10H17NO2.C10H15N.C10H20.C9H20O2S.C9H18.C8H18O2S.C4H10/c1-6(2)8-5-9(12)11(7(3)4)10(8)13;1-9(2)6-7-10-5-3-4-8-11-10;1-9(2)7-5-6-8-10(3)4;1-8(2)5-6-12(10,11)7-9(3)4;1-8(2)6-5-7-9(3)4;1-7(2)5-6-11(9,10)8(3)4;1-4(2)3/h6-8H,5H2,1-4H3;3-5,8-9H,6-7H2,1-2H3;5-6,9-10H,7-8H2,1-4H3;8-9H,5-7H2,1-4H3;5-6,8-9H,7H2,1-4H3;7-8H,5-6H2,1-4H3;4H,1-3H3. The zero-order chi connectivity index (χ0) is 56.0. The van der Waals surface area contributed by atoms with Gasteiger partial charge < -0.3 is 0 Å². The molecule has 2 rings (SSSR count). The van der Waals surface area contributed by atoms with E-state index in [1.807, 2.05) is 87.6 Å². The molecule has 1 aliphatic rings. The highest BCUT2D eigenvalue weighted by molar-refractivity contribution is 7.92. The fourth-order valence-electron chi connectivity index (χ4n) is 5.72. The van der Waals surface area contributed by atoms with Gasteiger partial charge in [-0.1, -0.05) is 176 Å². The third-order valence-electron chi connectivity index (χ3n) is 10.0. The van der Waals surface area contributed by atoms with Crippen LogP contribution in [0.1, 0.15) is 224 Å². The Bertz CT molecular complexity index is 1640. The summed E-state index contributed by atoms with van der Waals surface area (Å²) in [7, 11) is -5.57. The zero-order valence-electron chi connectivity index (χ0n) is 50.6. The van der Waals surface area contributed by atoms with Crippen LogP contribution in [0, 0.1) is 65.1 Å². The van der Waals surface area contributed by atoms with Crippen LogP contribution < -0.4 is 0 Å². The first-order chi connectivity index (χ1) is 31.9. The van der Waals surface area contributed by atoms with Crippen molar-refractivity contribution in [3.63, 3.8) is 0 Å². The Balaban J connectivity index is -0.000000238. The molecule has 0 spiro atoms. The molecule has 1 aromatic heterocycles. The van der Waals surface area contributed by atoms with Gasteiger partial charge in [-0.05, 0) is 144 Å². The number of aryl methyl sites for hydroxylation is 1. The van der Waals surface area contributed by atoms with Gasteiger partial charge in [-0.2, -0.15) is 0 Å². The average molecular weight is 1030 g/mol. The summed E-state index contributed by atoms with van der Waals surface area (Å²) in [5.74, 6) is 7.14. The average Bonchev–Trinajstić information content (AvgIpc) is 3.51. The lowest BCUT2D eigenvalue weighted by Crippen LogP contribution is -2.37. The van der Waals surface area contributed by atoms with Gasteiger partial charge in [0.15, 0.2) is 19.7 Å². The molecular weight excluding hydrogens is 909 g/mol. The highest BCUT2D eigenvalue weighted by atomic mass is 32.2. The van der Waals surface area contributed by atoms with Crippen LogP contribution in [0.3, 0.4) is 0 Å². The molecule has 0 aliphatic carbocycles. The molecule has 1 fully saturated rings. The molecule has 1 atom stereocenters. The number of carbonyl (C=O) groups is 2. The second-order valence-corrected chi connectivity index (χ2v) is 29.0. The van der Waals surface area contributed by atoms with E-state index in [4.69, 9.17) is 0 Å². The number of rotatable bonds is 21. The van der Waals surface area contributed by atoms with Gasteiger partial charge in [-0.3, -0.25) is 19.5 Å². The van der Waals surface area contributed by atoms with Crippen molar-refractivity contribution in [1.82, 2.24) is 9.88 Å². The number of allylic oxidation sites excluding steroid dienone is 4. The number of pyridine rings is 1. The largest absolute Gasteiger partial charge is 0.280 e.